The second-order valence-electron chi connectivity index (χ2n) is 4.68. The third-order valence-electron chi connectivity index (χ3n) is 3.43. The van der Waals surface area contributed by atoms with E-state index in [2.05, 4.69) is 12.2 Å². The summed E-state index contributed by atoms with van der Waals surface area (Å²) in [5, 5.41) is 3.32. The number of nitrogens with one attached hydrogen (secondary N) is 1. The maximum atomic E-state index is 12.3. The molecule has 2 saturated heterocycles. The van der Waals surface area contributed by atoms with Crippen molar-refractivity contribution in [3.05, 3.63) is 0 Å². The van der Waals surface area contributed by atoms with Crippen LogP contribution in [0.2, 0.25) is 0 Å². The molecule has 0 bridgehead atoms. The fourth-order valence-electron chi connectivity index (χ4n) is 2.58. The van der Waals surface area contributed by atoms with E-state index in [4.69, 9.17) is 4.74 Å². The molecule has 2 rings (SSSR count). The van der Waals surface area contributed by atoms with E-state index in [1.807, 2.05) is 4.90 Å². The van der Waals surface area contributed by atoms with Gasteiger partial charge in [0.1, 0.15) is 6.10 Å². The number of hydrogen-bond acceptors (Lipinski definition) is 3. The van der Waals surface area contributed by atoms with Crippen LogP contribution in [0, 0.1) is 0 Å². The van der Waals surface area contributed by atoms with Gasteiger partial charge < -0.3 is 15.0 Å². The molecule has 0 aromatic heterocycles. The Kier molecular flexibility index (Phi) is 6.23. The monoisotopic (exact) mass is 262 g/mol. The first-order valence-electron chi connectivity index (χ1n) is 6.45. The minimum absolute atomic E-state index is 0. The lowest BCUT2D eigenvalue weighted by atomic mass is 10.1. The quantitative estimate of drug-likeness (QED) is 0.828. The molecule has 0 spiro atoms. The van der Waals surface area contributed by atoms with Gasteiger partial charge in [-0.2, -0.15) is 0 Å². The predicted molar refractivity (Wildman–Crippen MR) is 69.5 cm³/mol. The topological polar surface area (TPSA) is 41.6 Å². The van der Waals surface area contributed by atoms with Crippen LogP contribution in [0.15, 0.2) is 0 Å². The van der Waals surface area contributed by atoms with E-state index in [-0.39, 0.29) is 24.4 Å². The second kappa shape index (κ2) is 7.19. The Morgan fingerprint density at radius 3 is 2.82 bits per heavy atom. The average Bonchev–Trinajstić information content (AvgIpc) is 2.96. The van der Waals surface area contributed by atoms with E-state index in [9.17, 15) is 4.79 Å². The van der Waals surface area contributed by atoms with E-state index >= 15 is 0 Å². The lowest BCUT2D eigenvalue weighted by molar-refractivity contribution is -0.143. The average molecular weight is 263 g/mol. The summed E-state index contributed by atoms with van der Waals surface area (Å²) in [6, 6.07) is 0.386. The molecule has 2 aliphatic heterocycles. The van der Waals surface area contributed by atoms with Gasteiger partial charge in [0.05, 0.1) is 0 Å². The van der Waals surface area contributed by atoms with Crippen LogP contribution in [-0.2, 0) is 9.53 Å². The predicted octanol–water partition coefficient (Wildman–Crippen LogP) is 1.19. The fraction of sp³-hybridized carbons (Fsp3) is 0.917. The summed E-state index contributed by atoms with van der Waals surface area (Å²) < 4.78 is 5.49. The summed E-state index contributed by atoms with van der Waals surface area (Å²) in [5.41, 5.74) is 0. The molecule has 0 radical (unpaired) electrons. The van der Waals surface area contributed by atoms with Gasteiger partial charge in [-0.05, 0) is 32.2 Å². The van der Waals surface area contributed by atoms with Crippen molar-refractivity contribution in [2.75, 3.05) is 26.2 Å². The zero-order valence-electron chi connectivity index (χ0n) is 10.5. The van der Waals surface area contributed by atoms with Crippen molar-refractivity contribution in [1.82, 2.24) is 10.2 Å². The molecule has 17 heavy (non-hydrogen) atoms. The Balaban J connectivity index is 0.00000144. The van der Waals surface area contributed by atoms with Crippen LogP contribution in [-0.4, -0.2) is 49.2 Å². The highest BCUT2D eigenvalue weighted by molar-refractivity contribution is 5.85. The Labute approximate surface area is 109 Å². The van der Waals surface area contributed by atoms with Crippen LogP contribution in [0.1, 0.15) is 32.6 Å². The summed E-state index contributed by atoms with van der Waals surface area (Å²) >= 11 is 0. The number of hydrogen-bond donors (Lipinski definition) is 1. The Hall–Kier alpha value is -0.320. The number of rotatable bonds is 4. The van der Waals surface area contributed by atoms with Gasteiger partial charge in [-0.3, -0.25) is 4.79 Å². The molecule has 0 aromatic carbocycles. The molecule has 0 saturated carbocycles. The van der Waals surface area contributed by atoms with Gasteiger partial charge in [-0.25, -0.2) is 0 Å². The summed E-state index contributed by atoms with van der Waals surface area (Å²) in [7, 11) is 0. The fourth-order valence-corrected chi connectivity index (χ4v) is 2.58. The number of carbonyl (C=O) groups excluding carboxylic acids is 1. The molecule has 2 atom stereocenters. The zero-order chi connectivity index (χ0) is 11.4. The zero-order valence-corrected chi connectivity index (χ0v) is 11.3. The standard InChI is InChI=1S/C12H22N2O2.ClH/c1-2-7-14(10-5-6-13-9-10)12(15)11-4-3-8-16-11;/h10-11,13H,2-9H2,1H3;1H/t10?,11-;/m0./s1. The number of amides is 1. The van der Waals surface area contributed by atoms with Gasteiger partial charge in [0.25, 0.3) is 5.91 Å². The lowest BCUT2D eigenvalue weighted by Gasteiger charge is -2.30. The van der Waals surface area contributed by atoms with Crippen molar-refractivity contribution in [3.8, 4) is 0 Å². The minimum atomic E-state index is -0.160. The van der Waals surface area contributed by atoms with Crippen LogP contribution in [0.5, 0.6) is 0 Å². The summed E-state index contributed by atoms with van der Waals surface area (Å²) in [5.74, 6) is 0.216. The maximum absolute atomic E-state index is 12.3. The molecular weight excluding hydrogens is 240 g/mol. The van der Waals surface area contributed by atoms with Crippen LogP contribution in [0.4, 0.5) is 0 Å². The summed E-state index contributed by atoms with van der Waals surface area (Å²) in [4.78, 5) is 14.3. The summed E-state index contributed by atoms with van der Waals surface area (Å²) in [6.07, 6.45) is 3.87. The number of halogens is 1. The molecular formula is C12H23ClN2O2. The van der Waals surface area contributed by atoms with Crippen molar-refractivity contribution in [3.63, 3.8) is 0 Å². The van der Waals surface area contributed by atoms with Crippen LogP contribution < -0.4 is 5.32 Å². The Bertz CT molecular complexity index is 239. The van der Waals surface area contributed by atoms with E-state index in [1.165, 1.54) is 0 Å². The van der Waals surface area contributed by atoms with Crippen LogP contribution in [0.3, 0.4) is 0 Å². The molecule has 4 nitrogen and oxygen atoms in total. The normalized spacial score (nSPS) is 27.8. The molecule has 1 amide bonds. The third kappa shape index (κ3) is 3.57. The molecule has 1 N–H and O–H groups in total. The summed E-state index contributed by atoms with van der Waals surface area (Å²) in [6.45, 7) is 5.71. The molecule has 2 aliphatic rings. The third-order valence-corrected chi connectivity index (χ3v) is 3.43. The van der Waals surface area contributed by atoms with Gasteiger partial charge in [-0.1, -0.05) is 6.92 Å². The smallest absolute Gasteiger partial charge is 0.251 e. The molecule has 1 unspecified atom stereocenters. The molecule has 0 aromatic rings. The highest BCUT2D eigenvalue weighted by Gasteiger charge is 2.32. The van der Waals surface area contributed by atoms with Crippen LogP contribution in [0.25, 0.3) is 0 Å². The van der Waals surface area contributed by atoms with Gasteiger partial charge in [0.2, 0.25) is 0 Å². The SMILES string of the molecule is CCCN(C(=O)[C@@H]1CCCO1)C1CCNC1.Cl. The van der Waals surface area contributed by atoms with E-state index < -0.39 is 0 Å². The highest BCUT2D eigenvalue weighted by Crippen LogP contribution is 2.18. The Morgan fingerprint density at radius 2 is 2.29 bits per heavy atom. The lowest BCUT2D eigenvalue weighted by Crippen LogP contribution is -2.46. The molecule has 0 aliphatic carbocycles. The second-order valence-corrected chi connectivity index (χ2v) is 4.68. The number of nitrogens with zero attached hydrogens (tertiary/aromatic N) is 1. The van der Waals surface area contributed by atoms with Gasteiger partial charge in [0.15, 0.2) is 0 Å². The molecule has 2 heterocycles. The Morgan fingerprint density at radius 1 is 1.47 bits per heavy atom. The first-order valence-corrected chi connectivity index (χ1v) is 6.45. The highest BCUT2D eigenvalue weighted by atomic mass is 35.5. The first kappa shape index (κ1) is 14.7. The van der Waals surface area contributed by atoms with Crippen LogP contribution >= 0.6 is 12.4 Å². The van der Waals surface area contributed by atoms with Gasteiger partial charge in [-0.15, -0.1) is 12.4 Å². The van der Waals surface area contributed by atoms with Crippen molar-refractivity contribution < 1.29 is 9.53 Å². The minimum Gasteiger partial charge on any atom is -0.368 e. The van der Waals surface area contributed by atoms with Crippen molar-refractivity contribution >= 4 is 18.3 Å². The number of ether oxygens (including phenoxy) is 1. The van der Waals surface area contributed by atoms with E-state index in [1.54, 1.807) is 0 Å². The number of carbonyl (C=O) groups is 1. The molecule has 100 valence electrons. The van der Waals surface area contributed by atoms with Gasteiger partial charge >= 0.3 is 0 Å². The van der Waals surface area contributed by atoms with Crippen molar-refractivity contribution in [2.24, 2.45) is 0 Å². The first-order chi connectivity index (χ1) is 7.83. The largest absolute Gasteiger partial charge is 0.368 e. The van der Waals surface area contributed by atoms with Gasteiger partial charge in [0, 0.05) is 25.7 Å². The van der Waals surface area contributed by atoms with Crippen molar-refractivity contribution in [2.45, 2.75) is 44.8 Å². The molecule has 5 heteroatoms. The van der Waals surface area contributed by atoms with E-state index in [0.29, 0.717) is 6.04 Å². The molecule has 2 fully saturated rings. The maximum Gasteiger partial charge on any atom is 0.251 e. The van der Waals surface area contributed by atoms with Crippen molar-refractivity contribution in [1.29, 1.82) is 0 Å². The van der Waals surface area contributed by atoms with E-state index in [0.717, 1.165) is 51.9 Å².